The first-order chi connectivity index (χ1) is 10.8. The molecular weight excluding hydrogens is 294 g/mol. The average molecular weight is 315 g/mol. The van der Waals surface area contributed by atoms with E-state index >= 15 is 0 Å². The second kappa shape index (κ2) is 6.73. The Bertz CT molecular complexity index is 722. The largest absolute Gasteiger partial charge is 0.480 e. The third-order valence-electron chi connectivity index (χ3n) is 3.47. The molecule has 1 amide bonds. The molecule has 0 spiro atoms. The van der Waals surface area contributed by atoms with Gasteiger partial charge in [-0.1, -0.05) is 32.9 Å². The molecule has 0 aliphatic carbocycles. The van der Waals surface area contributed by atoms with Gasteiger partial charge in [-0.3, -0.25) is 9.78 Å². The Kier molecular flexibility index (Phi) is 4.93. The number of amides is 1. The minimum Gasteiger partial charge on any atom is -0.480 e. The van der Waals surface area contributed by atoms with E-state index in [1.54, 1.807) is 12.1 Å². The van der Waals surface area contributed by atoms with Gasteiger partial charge in [0, 0.05) is 0 Å². The molecule has 2 rings (SSSR count). The Hall–Kier alpha value is -2.50. The van der Waals surface area contributed by atoms with Gasteiger partial charge in [-0.2, -0.15) is 0 Å². The zero-order valence-corrected chi connectivity index (χ0v) is 13.5. The lowest BCUT2D eigenvalue weighted by Crippen LogP contribution is -2.41. The van der Waals surface area contributed by atoms with Crippen LogP contribution in [0.15, 0.2) is 30.5 Å². The van der Waals surface area contributed by atoms with Crippen LogP contribution in [-0.2, 0) is 4.79 Å². The molecule has 2 aromatic rings. The van der Waals surface area contributed by atoms with Crippen molar-refractivity contribution in [3.05, 3.63) is 36.2 Å². The second-order valence-electron chi connectivity index (χ2n) is 6.71. The summed E-state index contributed by atoms with van der Waals surface area (Å²) in [7, 11) is 0. The van der Waals surface area contributed by atoms with Crippen LogP contribution in [0.2, 0.25) is 0 Å². The number of nitrogens with zero attached hydrogens (tertiary/aromatic N) is 2. The zero-order valence-electron chi connectivity index (χ0n) is 13.5. The molecule has 0 bridgehead atoms. The van der Waals surface area contributed by atoms with E-state index in [9.17, 15) is 14.7 Å². The molecule has 122 valence electrons. The van der Waals surface area contributed by atoms with Crippen LogP contribution < -0.4 is 5.32 Å². The lowest BCUT2D eigenvalue weighted by Gasteiger charge is -2.21. The number of carbonyl (C=O) groups is 2. The summed E-state index contributed by atoms with van der Waals surface area (Å²) in [6.07, 6.45) is 2.42. The molecule has 1 aromatic carbocycles. The second-order valence-corrected chi connectivity index (χ2v) is 6.71. The number of hydrogen-bond donors (Lipinski definition) is 2. The van der Waals surface area contributed by atoms with Crippen molar-refractivity contribution >= 4 is 22.9 Å². The van der Waals surface area contributed by atoms with Crippen LogP contribution in [-0.4, -0.2) is 33.0 Å². The standard InChI is InChI=1S/C17H21N3O3/c1-17(2,3)9-8-13(16(22)23)20-15(21)14-10-18-11-6-4-5-7-12(11)19-14/h4-7,10,13H,8-9H2,1-3H3,(H,20,21)(H,22,23). The van der Waals surface area contributed by atoms with E-state index in [1.165, 1.54) is 6.20 Å². The number of aromatic nitrogens is 2. The van der Waals surface area contributed by atoms with Crippen LogP contribution >= 0.6 is 0 Å². The van der Waals surface area contributed by atoms with Gasteiger partial charge >= 0.3 is 5.97 Å². The van der Waals surface area contributed by atoms with Crippen molar-refractivity contribution in [3.8, 4) is 0 Å². The van der Waals surface area contributed by atoms with E-state index < -0.39 is 17.9 Å². The van der Waals surface area contributed by atoms with E-state index in [4.69, 9.17) is 0 Å². The van der Waals surface area contributed by atoms with Crippen molar-refractivity contribution in [2.45, 2.75) is 39.7 Å². The zero-order chi connectivity index (χ0) is 17.0. The summed E-state index contributed by atoms with van der Waals surface area (Å²) in [5.41, 5.74) is 1.40. The molecule has 0 saturated heterocycles. The molecule has 0 aliphatic rings. The monoisotopic (exact) mass is 315 g/mol. The molecule has 0 aliphatic heterocycles. The summed E-state index contributed by atoms with van der Waals surface area (Å²) < 4.78 is 0. The molecule has 0 radical (unpaired) electrons. The number of aliphatic carboxylic acids is 1. The van der Waals surface area contributed by atoms with Crippen molar-refractivity contribution in [1.82, 2.24) is 15.3 Å². The van der Waals surface area contributed by atoms with Crippen LogP contribution in [0.5, 0.6) is 0 Å². The van der Waals surface area contributed by atoms with Crippen LogP contribution in [0, 0.1) is 5.41 Å². The quantitative estimate of drug-likeness (QED) is 0.885. The summed E-state index contributed by atoms with van der Waals surface area (Å²) in [4.78, 5) is 32.0. The van der Waals surface area contributed by atoms with Crippen LogP contribution in [0.3, 0.4) is 0 Å². The van der Waals surface area contributed by atoms with Gasteiger partial charge in [0.2, 0.25) is 0 Å². The number of carboxylic acids is 1. The first kappa shape index (κ1) is 16.9. The first-order valence-electron chi connectivity index (χ1n) is 7.52. The van der Waals surface area contributed by atoms with Crippen LogP contribution in [0.25, 0.3) is 11.0 Å². The highest BCUT2D eigenvalue weighted by atomic mass is 16.4. The van der Waals surface area contributed by atoms with E-state index in [-0.39, 0.29) is 11.1 Å². The van der Waals surface area contributed by atoms with E-state index in [2.05, 4.69) is 15.3 Å². The number of carbonyl (C=O) groups excluding carboxylic acids is 1. The maximum atomic E-state index is 12.3. The van der Waals surface area contributed by atoms with E-state index in [0.717, 1.165) is 0 Å². The van der Waals surface area contributed by atoms with Gasteiger partial charge in [0.25, 0.3) is 5.91 Å². The smallest absolute Gasteiger partial charge is 0.326 e. The van der Waals surface area contributed by atoms with Gasteiger partial charge in [-0.25, -0.2) is 9.78 Å². The molecule has 1 heterocycles. The molecule has 1 aromatic heterocycles. The normalized spacial score (nSPS) is 12.8. The van der Waals surface area contributed by atoms with Gasteiger partial charge in [-0.15, -0.1) is 0 Å². The summed E-state index contributed by atoms with van der Waals surface area (Å²) in [6.45, 7) is 6.09. The molecule has 1 atom stereocenters. The predicted molar refractivity (Wildman–Crippen MR) is 87.1 cm³/mol. The molecule has 0 fully saturated rings. The summed E-state index contributed by atoms with van der Waals surface area (Å²) in [6, 6.07) is 6.27. The van der Waals surface area contributed by atoms with E-state index in [0.29, 0.717) is 23.9 Å². The van der Waals surface area contributed by atoms with Crippen molar-refractivity contribution in [2.75, 3.05) is 0 Å². The van der Waals surface area contributed by atoms with E-state index in [1.807, 2.05) is 32.9 Å². The van der Waals surface area contributed by atoms with Gasteiger partial charge in [0.1, 0.15) is 11.7 Å². The van der Waals surface area contributed by atoms with Crippen molar-refractivity contribution in [3.63, 3.8) is 0 Å². The number of carboxylic acid groups (broad SMARTS) is 1. The SMILES string of the molecule is CC(C)(C)CCC(NC(=O)c1cnc2ccccc2n1)C(=O)O. The minimum atomic E-state index is -1.05. The minimum absolute atomic E-state index is 0.00117. The van der Waals surface area contributed by atoms with Gasteiger partial charge < -0.3 is 10.4 Å². The lowest BCUT2D eigenvalue weighted by molar-refractivity contribution is -0.139. The summed E-state index contributed by atoms with van der Waals surface area (Å²) in [5, 5.41) is 11.8. The maximum absolute atomic E-state index is 12.3. The summed E-state index contributed by atoms with van der Waals surface area (Å²) in [5.74, 6) is -1.57. The fourth-order valence-electron chi connectivity index (χ4n) is 2.13. The number of para-hydroxylation sites is 2. The number of benzene rings is 1. The Morgan fingerprint density at radius 2 is 1.87 bits per heavy atom. The van der Waals surface area contributed by atoms with Gasteiger partial charge in [0.05, 0.1) is 17.2 Å². The Labute approximate surface area is 135 Å². The molecule has 6 nitrogen and oxygen atoms in total. The molecule has 1 unspecified atom stereocenters. The van der Waals surface area contributed by atoms with Crippen molar-refractivity contribution in [2.24, 2.45) is 5.41 Å². The fraction of sp³-hybridized carbons (Fsp3) is 0.412. The number of hydrogen-bond acceptors (Lipinski definition) is 4. The number of nitrogens with one attached hydrogen (secondary N) is 1. The van der Waals surface area contributed by atoms with Gasteiger partial charge in [0.15, 0.2) is 0 Å². The number of rotatable bonds is 5. The molecular formula is C17H21N3O3. The summed E-state index contributed by atoms with van der Waals surface area (Å²) >= 11 is 0. The molecule has 2 N–H and O–H groups in total. The Morgan fingerprint density at radius 3 is 2.48 bits per heavy atom. The highest BCUT2D eigenvalue weighted by Gasteiger charge is 2.24. The average Bonchev–Trinajstić information content (AvgIpc) is 2.49. The fourth-order valence-corrected chi connectivity index (χ4v) is 2.13. The van der Waals surface area contributed by atoms with Crippen LogP contribution in [0.1, 0.15) is 44.1 Å². The Morgan fingerprint density at radius 1 is 1.22 bits per heavy atom. The first-order valence-corrected chi connectivity index (χ1v) is 7.52. The third-order valence-corrected chi connectivity index (χ3v) is 3.47. The third kappa shape index (κ3) is 4.74. The highest BCUT2D eigenvalue weighted by Crippen LogP contribution is 2.21. The molecule has 23 heavy (non-hydrogen) atoms. The molecule has 6 heteroatoms. The van der Waals surface area contributed by atoms with Crippen molar-refractivity contribution < 1.29 is 14.7 Å². The van der Waals surface area contributed by atoms with Gasteiger partial charge in [-0.05, 0) is 30.4 Å². The lowest BCUT2D eigenvalue weighted by atomic mass is 9.88. The predicted octanol–water partition coefficient (Wildman–Crippen LogP) is 2.64. The number of fused-ring (bicyclic) bond motifs is 1. The highest BCUT2D eigenvalue weighted by molar-refractivity contribution is 5.96. The maximum Gasteiger partial charge on any atom is 0.326 e. The topological polar surface area (TPSA) is 92.2 Å². The molecule has 0 saturated carbocycles. The van der Waals surface area contributed by atoms with Crippen LogP contribution in [0.4, 0.5) is 0 Å². The van der Waals surface area contributed by atoms with Crippen molar-refractivity contribution in [1.29, 1.82) is 0 Å². The Balaban J connectivity index is 2.12.